The first-order chi connectivity index (χ1) is 18.3. The number of nitrogens with two attached hydrogens (primary N) is 1. The fraction of sp³-hybridized carbons (Fsp3) is 0.321. The number of carbonyl (C=O) groups excluding carboxylic acids is 2. The van der Waals surface area contributed by atoms with E-state index < -0.39 is 24.0 Å². The number of halogens is 1. The highest BCUT2D eigenvalue weighted by Gasteiger charge is 2.38. The Morgan fingerprint density at radius 2 is 2.00 bits per heavy atom. The molecule has 10 heteroatoms. The molecule has 0 saturated carbocycles. The van der Waals surface area contributed by atoms with Crippen molar-refractivity contribution in [2.24, 2.45) is 0 Å². The van der Waals surface area contributed by atoms with Crippen LogP contribution >= 0.6 is 0 Å². The van der Waals surface area contributed by atoms with Crippen LogP contribution in [0.3, 0.4) is 0 Å². The van der Waals surface area contributed by atoms with Crippen LogP contribution in [0.4, 0.5) is 10.2 Å². The lowest BCUT2D eigenvalue weighted by Gasteiger charge is -2.38. The van der Waals surface area contributed by atoms with E-state index in [1.54, 1.807) is 29.3 Å². The standard InChI is InChI=1S/C28H32FN5O4/c1-18(35)33-24(27(36)26-28(37)34(10-9-32-26)16-19-5-3-2-4-6-19)13-21-11-22(29)15-23(12-21)38-17-20-7-8-31-25(30)14-20/h2-8,11-12,14-15,24,26-27,32,36H,9-10,13,16-17H2,1H3,(H2,30,31)(H,33,35)/t24-,26-,27-/m0/s1. The second-order valence-electron chi connectivity index (χ2n) is 9.35. The third-order valence-electron chi connectivity index (χ3n) is 6.32. The molecule has 0 bridgehead atoms. The second kappa shape index (κ2) is 12.5. The Bertz CT molecular complexity index is 1260. The molecule has 2 heterocycles. The maximum Gasteiger partial charge on any atom is 0.242 e. The number of benzene rings is 2. The van der Waals surface area contributed by atoms with Gasteiger partial charge in [0.05, 0.1) is 12.1 Å². The number of aliphatic hydroxyl groups excluding tert-OH is 1. The molecule has 1 aromatic heterocycles. The van der Waals surface area contributed by atoms with Gasteiger partial charge in [0.15, 0.2) is 0 Å². The van der Waals surface area contributed by atoms with Gasteiger partial charge in [0.2, 0.25) is 11.8 Å². The van der Waals surface area contributed by atoms with E-state index >= 15 is 0 Å². The molecule has 0 unspecified atom stereocenters. The predicted molar refractivity (Wildman–Crippen MR) is 140 cm³/mol. The molecule has 200 valence electrons. The van der Waals surface area contributed by atoms with E-state index in [1.807, 2.05) is 30.3 Å². The summed E-state index contributed by atoms with van der Waals surface area (Å²) in [6.45, 7) is 2.90. The minimum absolute atomic E-state index is 0.0845. The zero-order valence-electron chi connectivity index (χ0n) is 21.1. The lowest BCUT2D eigenvalue weighted by Crippen LogP contribution is -2.63. The number of nitrogens with one attached hydrogen (secondary N) is 2. The molecule has 2 aromatic carbocycles. The van der Waals surface area contributed by atoms with Crippen LogP contribution in [-0.4, -0.2) is 58.1 Å². The predicted octanol–water partition coefficient (Wildman–Crippen LogP) is 1.79. The lowest BCUT2D eigenvalue weighted by molar-refractivity contribution is -0.141. The Kier molecular flexibility index (Phi) is 8.88. The van der Waals surface area contributed by atoms with Crippen molar-refractivity contribution in [2.75, 3.05) is 18.8 Å². The van der Waals surface area contributed by atoms with E-state index in [0.717, 1.165) is 11.1 Å². The van der Waals surface area contributed by atoms with Crippen molar-refractivity contribution in [3.05, 3.63) is 89.4 Å². The second-order valence-corrected chi connectivity index (χ2v) is 9.35. The van der Waals surface area contributed by atoms with E-state index in [2.05, 4.69) is 15.6 Å². The van der Waals surface area contributed by atoms with Crippen LogP contribution in [0, 0.1) is 5.82 Å². The van der Waals surface area contributed by atoms with Crippen molar-refractivity contribution in [1.82, 2.24) is 20.5 Å². The molecule has 9 nitrogen and oxygen atoms in total. The van der Waals surface area contributed by atoms with Gasteiger partial charge in [-0.25, -0.2) is 9.37 Å². The number of hydrogen-bond donors (Lipinski definition) is 4. The van der Waals surface area contributed by atoms with Gasteiger partial charge in [-0.3, -0.25) is 9.59 Å². The molecule has 0 spiro atoms. The number of piperazine rings is 1. The molecule has 5 N–H and O–H groups in total. The number of aliphatic hydroxyl groups is 1. The summed E-state index contributed by atoms with van der Waals surface area (Å²) in [6, 6.07) is 15.5. The number of pyridine rings is 1. The zero-order chi connectivity index (χ0) is 27.1. The average Bonchev–Trinajstić information content (AvgIpc) is 2.88. The Morgan fingerprint density at radius 3 is 2.74 bits per heavy atom. The van der Waals surface area contributed by atoms with Gasteiger partial charge in [0, 0.05) is 38.8 Å². The molecule has 3 atom stereocenters. The van der Waals surface area contributed by atoms with Crippen LogP contribution in [0.25, 0.3) is 0 Å². The smallest absolute Gasteiger partial charge is 0.242 e. The first-order valence-corrected chi connectivity index (χ1v) is 12.4. The van der Waals surface area contributed by atoms with Crippen molar-refractivity contribution in [1.29, 1.82) is 0 Å². The minimum atomic E-state index is -1.25. The maximum atomic E-state index is 14.5. The highest BCUT2D eigenvalue weighted by molar-refractivity contribution is 5.83. The molecular weight excluding hydrogens is 489 g/mol. The number of aromatic nitrogens is 1. The molecule has 1 aliphatic heterocycles. The lowest BCUT2D eigenvalue weighted by atomic mass is 9.94. The summed E-state index contributed by atoms with van der Waals surface area (Å²) in [5.41, 5.74) is 7.95. The van der Waals surface area contributed by atoms with Crippen molar-refractivity contribution in [2.45, 2.75) is 44.7 Å². The Morgan fingerprint density at radius 1 is 1.21 bits per heavy atom. The van der Waals surface area contributed by atoms with Gasteiger partial charge in [0.1, 0.15) is 30.0 Å². The molecule has 1 saturated heterocycles. The van der Waals surface area contributed by atoms with E-state index in [0.29, 0.717) is 31.0 Å². The summed E-state index contributed by atoms with van der Waals surface area (Å²) in [4.78, 5) is 30.9. The van der Waals surface area contributed by atoms with Gasteiger partial charge in [-0.15, -0.1) is 0 Å². The van der Waals surface area contributed by atoms with E-state index in [9.17, 15) is 19.1 Å². The van der Waals surface area contributed by atoms with Gasteiger partial charge in [0.25, 0.3) is 0 Å². The quantitative estimate of drug-likeness (QED) is 0.320. The van der Waals surface area contributed by atoms with Gasteiger partial charge >= 0.3 is 0 Å². The van der Waals surface area contributed by atoms with Crippen molar-refractivity contribution < 1.29 is 23.8 Å². The average molecular weight is 522 g/mol. The van der Waals surface area contributed by atoms with Crippen LogP contribution in [-0.2, 0) is 29.2 Å². The normalized spacial score (nSPS) is 17.1. The summed E-state index contributed by atoms with van der Waals surface area (Å²) >= 11 is 0. The van der Waals surface area contributed by atoms with Crippen LogP contribution < -0.4 is 21.1 Å². The van der Waals surface area contributed by atoms with Crippen LogP contribution in [0.5, 0.6) is 5.75 Å². The summed E-state index contributed by atoms with van der Waals surface area (Å²) in [5, 5.41) is 17.1. The molecule has 0 aliphatic carbocycles. The molecule has 2 amide bonds. The molecule has 0 radical (unpaired) electrons. The van der Waals surface area contributed by atoms with Crippen LogP contribution in [0.2, 0.25) is 0 Å². The van der Waals surface area contributed by atoms with E-state index in [4.69, 9.17) is 10.5 Å². The van der Waals surface area contributed by atoms with Crippen molar-refractivity contribution in [3.63, 3.8) is 0 Å². The van der Waals surface area contributed by atoms with Gasteiger partial charge < -0.3 is 31.1 Å². The first kappa shape index (κ1) is 27.0. The largest absolute Gasteiger partial charge is 0.489 e. The monoisotopic (exact) mass is 521 g/mol. The number of carbonyl (C=O) groups is 2. The molecule has 1 aliphatic rings. The highest BCUT2D eigenvalue weighted by Crippen LogP contribution is 2.21. The van der Waals surface area contributed by atoms with Gasteiger partial charge in [-0.1, -0.05) is 30.3 Å². The number of rotatable bonds is 10. The highest BCUT2D eigenvalue weighted by atomic mass is 19.1. The molecule has 3 aromatic rings. The number of nitrogens with zero attached hydrogens (tertiary/aromatic N) is 2. The van der Waals surface area contributed by atoms with Crippen LogP contribution in [0.1, 0.15) is 23.6 Å². The molecular formula is C28H32FN5O4. The zero-order valence-corrected chi connectivity index (χ0v) is 21.1. The van der Waals surface area contributed by atoms with E-state index in [-0.39, 0.29) is 30.6 Å². The summed E-state index contributed by atoms with van der Waals surface area (Å²) in [6.07, 6.45) is 0.394. The number of ether oxygens (including phenoxy) is 1. The first-order valence-electron chi connectivity index (χ1n) is 12.4. The summed E-state index contributed by atoms with van der Waals surface area (Å²) in [7, 11) is 0. The number of anilines is 1. The van der Waals surface area contributed by atoms with Gasteiger partial charge in [-0.2, -0.15) is 0 Å². The Labute approximate surface area is 220 Å². The van der Waals surface area contributed by atoms with Crippen LogP contribution in [0.15, 0.2) is 66.9 Å². The third-order valence-corrected chi connectivity index (χ3v) is 6.32. The SMILES string of the molecule is CC(=O)N[C@@H](Cc1cc(F)cc(OCc2ccnc(N)c2)c1)[C@H](O)[C@@H]1NCCN(Cc2ccccc2)C1=O. The fourth-order valence-corrected chi connectivity index (χ4v) is 4.55. The van der Waals surface area contributed by atoms with E-state index in [1.165, 1.54) is 19.1 Å². The Balaban J connectivity index is 1.47. The summed E-state index contributed by atoms with van der Waals surface area (Å²) < 4.78 is 20.2. The number of hydrogen-bond acceptors (Lipinski definition) is 7. The Hall–Kier alpha value is -4.02. The maximum absolute atomic E-state index is 14.5. The fourth-order valence-electron chi connectivity index (χ4n) is 4.55. The number of nitrogen functional groups attached to an aromatic ring is 1. The molecule has 4 rings (SSSR count). The molecule has 38 heavy (non-hydrogen) atoms. The molecule has 1 fully saturated rings. The number of amides is 2. The topological polar surface area (TPSA) is 130 Å². The minimum Gasteiger partial charge on any atom is -0.489 e. The summed E-state index contributed by atoms with van der Waals surface area (Å²) in [5.74, 6) is -0.521. The van der Waals surface area contributed by atoms with Crippen molar-refractivity contribution >= 4 is 17.6 Å². The third kappa shape index (κ3) is 7.27. The van der Waals surface area contributed by atoms with Crippen molar-refractivity contribution in [3.8, 4) is 5.75 Å². The van der Waals surface area contributed by atoms with Gasteiger partial charge in [-0.05, 0) is 47.4 Å².